The van der Waals surface area contributed by atoms with Crippen LogP contribution in [0.1, 0.15) is 127 Å². The zero-order valence-corrected chi connectivity index (χ0v) is 38.2. The number of carboxylic acids is 1. The first-order valence-corrected chi connectivity index (χ1v) is 22.9. The third kappa shape index (κ3) is 9.09. The molecule has 0 aliphatic carbocycles. The number of aliphatic hydroxyl groups is 4. The maximum absolute atomic E-state index is 11.8. The molecule has 7 aliphatic rings. The second-order valence-corrected chi connectivity index (χ2v) is 20.7. The van der Waals surface area contributed by atoms with Crippen LogP contribution >= 0.6 is 0 Å². The molecule has 7 saturated heterocycles. The Hall–Kier alpha value is -1.09. The van der Waals surface area contributed by atoms with E-state index in [-0.39, 0.29) is 54.9 Å². The monoisotopic (exact) mass is 873 g/mol. The number of methoxy groups -OCH3 is 2. The van der Waals surface area contributed by atoms with E-state index in [9.17, 15) is 30.3 Å². The lowest BCUT2D eigenvalue weighted by Crippen LogP contribution is -2.65. The van der Waals surface area contributed by atoms with Crippen molar-refractivity contribution in [2.45, 2.75) is 235 Å². The molecule has 5 N–H and O–H groups in total. The number of carboxylic acid groups (broad SMARTS) is 1. The van der Waals surface area contributed by atoms with Gasteiger partial charge in [0.05, 0.1) is 78.7 Å². The average Bonchev–Trinajstić information content (AvgIpc) is 3.89. The van der Waals surface area contributed by atoms with E-state index in [1.54, 1.807) is 14.0 Å². The topological polar surface area (TPSA) is 211 Å². The van der Waals surface area contributed by atoms with Gasteiger partial charge in [0, 0.05) is 63.6 Å². The van der Waals surface area contributed by atoms with Gasteiger partial charge in [0.1, 0.15) is 12.2 Å². The summed E-state index contributed by atoms with van der Waals surface area (Å²) >= 11 is 0. The molecule has 7 heterocycles. The lowest BCUT2D eigenvalue weighted by atomic mass is 9.75. The summed E-state index contributed by atoms with van der Waals surface area (Å²) in [6.45, 7) is 17.3. The Kier molecular flexibility index (Phi) is 13.8. The van der Waals surface area contributed by atoms with Gasteiger partial charge in [-0.3, -0.25) is 4.79 Å². The second-order valence-electron chi connectivity index (χ2n) is 20.7. The number of ether oxygens (including phenoxy) is 10. The standard InChI is InChI=1S/C45H76O16/c1-22-18-23(2)43(9,50)58-36(22)30-19-31(55-34-13-12-29(52-10)27(6)54-34)40(56-30)42(8)15-14-32(57-42)41(7)16-17-44(61-41)20-28(46)24(3)37(59-44)25(4)38-39(53-11)35(49)26(5)45(51,60-38)21-33(47)48/h22-32,34-40,46,49-51H,12-21H2,1-11H3,(H,47,48)/t22-,23+,24+,25+,26-,27+,28-,29-,30+,31-,32+,34-,35-,36-,37+,38-,39+,40+,41+,42-,43-,44+,45+/m0/s1. The van der Waals surface area contributed by atoms with Crippen molar-refractivity contribution in [3.05, 3.63) is 0 Å². The predicted molar refractivity (Wildman–Crippen MR) is 217 cm³/mol. The van der Waals surface area contributed by atoms with Gasteiger partial charge in [-0.2, -0.15) is 0 Å². The van der Waals surface area contributed by atoms with Crippen LogP contribution in [0.15, 0.2) is 0 Å². The Morgan fingerprint density at radius 1 is 0.820 bits per heavy atom. The molecule has 7 aliphatic heterocycles. The van der Waals surface area contributed by atoms with Gasteiger partial charge >= 0.3 is 5.97 Å². The molecule has 0 aromatic carbocycles. The predicted octanol–water partition coefficient (Wildman–Crippen LogP) is 4.04. The fraction of sp³-hybridized carbons (Fsp3) is 0.978. The van der Waals surface area contributed by atoms with Gasteiger partial charge in [-0.05, 0) is 65.7 Å². The van der Waals surface area contributed by atoms with Crippen molar-refractivity contribution in [2.75, 3.05) is 14.2 Å². The second kappa shape index (κ2) is 17.6. The molecule has 7 rings (SSSR count). The van der Waals surface area contributed by atoms with Crippen LogP contribution < -0.4 is 0 Å². The quantitative estimate of drug-likeness (QED) is 0.198. The van der Waals surface area contributed by atoms with Crippen molar-refractivity contribution >= 4 is 5.97 Å². The van der Waals surface area contributed by atoms with E-state index in [2.05, 4.69) is 13.8 Å². The summed E-state index contributed by atoms with van der Waals surface area (Å²) in [4.78, 5) is 11.8. The van der Waals surface area contributed by atoms with Crippen LogP contribution in [0.5, 0.6) is 0 Å². The minimum Gasteiger partial charge on any atom is -0.481 e. The first kappa shape index (κ1) is 47.9. The van der Waals surface area contributed by atoms with E-state index in [0.29, 0.717) is 38.5 Å². The molecule has 352 valence electrons. The molecular weight excluding hydrogens is 796 g/mol. The molecule has 0 aromatic rings. The summed E-state index contributed by atoms with van der Waals surface area (Å²) in [6.07, 6.45) is -2.26. The van der Waals surface area contributed by atoms with Gasteiger partial charge in [-0.15, -0.1) is 0 Å². The highest BCUT2D eigenvalue weighted by Gasteiger charge is 2.63. The van der Waals surface area contributed by atoms with Crippen LogP contribution in [-0.4, -0.2) is 154 Å². The van der Waals surface area contributed by atoms with Crippen LogP contribution in [0, 0.1) is 29.6 Å². The van der Waals surface area contributed by atoms with Gasteiger partial charge in [-0.1, -0.05) is 34.6 Å². The highest BCUT2D eigenvalue weighted by atomic mass is 16.7. The van der Waals surface area contributed by atoms with E-state index in [1.807, 2.05) is 34.6 Å². The van der Waals surface area contributed by atoms with E-state index in [0.717, 1.165) is 12.8 Å². The van der Waals surface area contributed by atoms with E-state index in [1.165, 1.54) is 14.0 Å². The summed E-state index contributed by atoms with van der Waals surface area (Å²) in [5, 5.41) is 55.1. The minimum atomic E-state index is -2.15. The van der Waals surface area contributed by atoms with E-state index < -0.39 is 102 Å². The minimum absolute atomic E-state index is 0.00446. The molecule has 0 aromatic heterocycles. The molecule has 0 saturated carbocycles. The first-order chi connectivity index (χ1) is 28.5. The number of carbonyl (C=O) groups is 1. The smallest absolute Gasteiger partial charge is 0.308 e. The highest BCUT2D eigenvalue weighted by Crippen LogP contribution is 2.54. The fourth-order valence-corrected chi connectivity index (χ4v) is 12.0. The van der Waals surface area contributed by atoms with Crippen molar-refractivity contribution in [3.8, 4) is 0 Å². The van der Waals surface area contributed by atoms with Gasteiger partial charge in [0.15, 0.2) is 23.7 Å². The number of aliphatic hydroxyl groups excluding tert-OH is 2. The maximum atomic E-state index is 11.8. The Morgan fingerprint density at radius 2 is 1.54 bits per heavy atom. The molecular formula is C45H76O16. The molecule has 61 heavy (non-hydrogen) atoms. The third-order valence-corrected chi connectivity index (χ3v) is 16.2. The molecule has 7 fully saturated rings. The Balaban J connectivity index is 1.08. The van der Waals surface area contributed by atoms with Crippen LogP contribution in [0.2, 0.25) is 0 Å². The van der Waals surface area contributed by atoms with Crippen LogP contribution in [0.4, 0.5) is 0 Å². The summed E-state index contributed by atoms with van der Waals surface area (Å²) in [5.41, 5.74) is -1.57. The van der Waals surface area contributed by atoms with Crippen LogP contribution in [0.3, 0.4) is 0 Å². The van der Waals surface area contributed by atoms with Crippen LogP contribution in [-0.2, 0) is 52.2 Å². The number of hydrogen-bond acceptors (Lipinski definition) is 15. The number of rotatable bonds is 11. The van der Waals surface area contributed by atoms with Crippen LogP contribution in [0.25, 0.3) is 0 Å². The molecule has 16 heteroatoms. The van der Waals surface area contributed by atoms with Gasteiger partial charge in [0.2, 0.25) is 0 Å². The normalized spacial score (nSPS) is 54.9. The average molecular weight is 873 g/mol. The van der Waals surface area contributed by atoms with E-state index >= 15 is 0 Å². The van der Waals surface area contributed by atoms with E-state index in [4.69, 9.17) is 47.4 Å². The van der Waals surface area contributed by atoms with Gasteiger partial charge in [0.25, 0.3) is 0 Å². The fourth-order valence-electron chi connectivity index (χ4n) is 12.0. The SMILES string of the molecule is CO[C@@H]1[C@@H](O)[C@H](C)[C@@](O)(CC(=O)O)O[C@H]1[C@H](C)[C@@H]1O[C@@]2(CC[C@](C)([C@H]3CC[C@@](C)([C@@H]4O[C@@H]([C@H]5O[C@](C)(O)[C@H](C)C[C@@H]5C)C[C@@H]4O[C@H]4CC[C@H](OC)[C@@H](C)O4)O3)O2)C[C@H](O)[C@H]1C. The summed E-state index contributed by atoms with van der Waals surface area (Å²) in [5.74, 6) is -7.65. The zero-order valence-electron chi connectivity index (χ0n) is 38.2. The molecule has 1 spiro atoms. The summed E-state index contributed by atoms with van der Waals surface area (Å²) in [6, 6.07) is 0. The summed E-state index contributed by atoms with van der Waals surface area (Å²) < 4.78 is 65.1. The lowest BCUT2D eigenvalue weighted by Gasteiger charge is -2.53. The molecule has 0 bridgehead atoms. The number of hydrogen-bond donors (Lipinski definition) is 5. The highest BCUT2D eigenvalue weighted by molar-refractivity contribution is 5.68. The Labute approximate surface area is 361 Å². The maximum Gasteiger partial charge on any atom is 0.308 e. The van der Waals surface area contributed by atoms with Crippen molar-refractivity contribution in [2.24, 2.45) is 29.6 Å². The lowest BCUT2D eigenvalue weighted by molar-refractivity contribution is -0.363. The zero-order chi connectivity index (χ0) is 44.6. The van der Waals surface area contributed by atoms with Crippen molar-refractivity contribution in [1.82, 2.24) is 0 Å². The number of aliphatic carboxylic acids is 1. The Morgan fingerprint density at radius 3 is 2.20 bits per heavy atom. The first-order valence-electron chi connectivity index (χ1n) is 22.9. The van der Waals surface area contributed by atoms with Crippen molar-refractivity contribution in [1.29, 1.82) is 0 Å². The molecule has 0 amide bonds. The largest absolute Gasteiger partial charge is 0.481 e. The van der Waals surface area contributed by atoms with Gasteiger partial charge in [-0.25, -0.2) is 0 Å². The molecule has 23 atom stereocenters. The van der Waals surface area contributed by atoms with Crippen molar-refractivity contribution < 1.29 is 77.7 Å². The molecule has 0 radical (unpaired) electrons. The summed E-state index contributed by atoms with van der Waals surface area (Å²) in [7, 11) is 3.14. The third-order valence-electron chi connectivity index (χ3n) is 16.2. The van der Waals surface area contributed by atoms with Gasteiger partial charge < -0.3 is 72.9 Å². The Bertz CT molecular complexity index is 1530. The molecule has 0 unspecified atom stereocenters. The van der Waals surface area contributed by atoms with Crippen molar-refractivity contribution in [3.63, 3.8) is 0 Å². The molecule has 16 nitrogen and oxygen atoms in total.